The zero-order chi connectivity index (χ0) is 20.7. The average Bonchev–Trinajstić information content (AvgIpc) is 3.37. The number of carbonyl (C=O) groups excluding carboxylic acids is 2. The summed E-state index contributed by atoms with van der Waals surface area (Å²) >= 11 is 1.44. The zero-order valence-electron chi connectivity index (χ0n) is 16.4. The van der Waals surface area contributed by atoms with Crippen LogP contribution in [-0.4, -0.2) is 33.3 Å². The van der Waals surface area contributed by atoms with Crippen LogP contribution >= 0.6 is 11.3 Å². The second-order valence-electron chi connectivity index (χ2n) is 7.25. The Kier molecular flexibility index (Phi) is 4.99. The Balaban J connectivity index is 1.45. The second kappa shape index (κ2) is 7.47. The Hall–Kier alpha value is -2.94. The van der Waals surface area contributed by atoms with E-state index in [0.29, 0.717) is 28.3 Å². The van der Waals surface area contributed by atoms with Crippen molar-refractivity contribution in [2.45, 2.75) is 39.8 Å². The Labute approximate surface area is 170 Å². The molecule has 1 aliphatic heterocycles. The molecular formula is C20H21N3O5S. The van der Waals surface area contributed by atoms with Crippen LogP contribution in [0.2, 0.25) is 0 Å². The van der Waals surface area contributed by atoms with Gasteiger partial charge in [0.05, 0.1) is 24.1 Å². The van der Waals surface area contributed by atoms with E-state index in [4.69, 9.17) is 9.15 Å². The van der Waals surface area contributed by atoms with E-state index in [9.17, 15) is 14.4 Å². The molecule has 152 valence electrons. The molecule has 0 saturated carbocycles. The predicted octanol–water partition coefficient (Wildman–Crippen LogP) is 2.85. The maximum Gasteiger partial charge on any atom is 0.311 e. The number of esters is 1. The summed E-state index contributed by atoms with van der Waals surface area (Å²) in [5.74, 6) is -0.185. The highest BCUT2D eigenvalue weighted by molar-refractivity contribution is 7.18. The lowest BCUT2D eigenvalue weighted by Crippen LogP contribution is -2.27. The molecule has 0 aromatic carbocycles. The van der Waals surface area contributed by atoms with E-state index >= 15 is 0 Å². The number of hydrogen-bond donors (Lipinski definition) is 1. The predicted molar refractivity (Wildman–Crippen MR) is 106 cm³/mol. The van der Waals surface area contributed by atoms with Gasteiger partial charge in [0.2, 0.25) is 5.91 Å². The number of aromatic nitrogens is 2. The van der Waals surface area contributed by atoms with Crippen molar-refractivity contribution in [3.8, 4) is 0 Å². The third-order valence-electron chi connectivity index (χ3n) is 5.21. The van der Waals surface area contributed by atoms with Crippen molar-refractivity contribution in [1.29, 1.82) is 0 Å². The molecule has 1 N–H and O–H groups in total. The van der Waals surface area contributed by atoms with E-state index in [1.54, 1.807) is 30.2 Å². The van der Waals surface area contributed by atoms with Gasteiger partial charge in [-0.2, -0.15) is 0 Å². The number of fused-ring (bicyclic) bond motifs is 1. The van der Waals surface area contributed by atoms with Gasteiger partial charge in [0.1, 0.15) is 10.6 Å². The average molecular weight is 415 g/mol. The van der Waals surface area contributed by atoms with Crippen LogP contribution in [0.25, 0.3) is 10.2 Å². The molecule has 9 heteroatoms. The first kappa shape index (κ1) is 19.4. The lowest BCUT2D eigenvalue weighted by Gasteiger charge is -2.17. The molecule has 2 atom stereocenters. The molecule has 1 saturated heterocycles. The molecule has 0 radical (unpaired) electrons. The molecule has 1 amide bonds. The standard InChI is InChI=1S/C20H21N3O5S/c1-10-12(3)29-19-16(10)18(25)21-17(22-19)11(2)28-20(26)13-7-15(24)23(8-13)9-14-5-4-6-27-14/h4-6,11,13H,7-9H2,1-3H3,(H,21,22,25)/t11-,13-/m1/s1. The largest absolute Gasteiger partial charge is 0.467 e. The monoisotopic (exact) mass is 415 g/mol. The number of aromatic amines is 1. The van der Waals surface area contributed by atoms with E-state index in [0.717, 1.165) is 10.4 Å². The van der Waals surface area contributed by atoms with Gasteiger partial charge in [-0.1, -0.05) is 0 Å². The lowest BCUT2D eigenvalue weighted by atomic mass is 10.1. The smallest absolute Gasteiger partial charge is 0.311 e. The molecule has 8 nitrogen and oxygen atoms in total. The number of thiophene rings is 1. The van der Waals surface area contributed by atoms with Crippen molar-refractivity contribution >= 4 is 33.4 Å². The van der Waals surface area contributed by atoms with Crippen molar-refractivity contribution in [2.75, 3.05) is 6.54 Å². The molecular weight excluding hydrogens is 394 g/mol. The SMILES string of the molecule is Cc1sc2nc([C@@H](C)OC(=O)[C@@H]3CC(=O)N(Cc4ccco4)C3)[nH]c(=O)c2c1C. The summed E-state index contributed by atoms with van der Waals surface area (Å²) in [6.45, 7) is 6.09. The topological polar surface area (TPSA) is 106 Å². The van der Waals surface area contributed by atoms with Crippen LogP contribution in [-0.2, 0) is 20.9 Å². The van der Waals surface area contributed by atoms with E-state index in [2.05, 4.69) is 9.97 Å². The van der Waals surface area contributed by atoms with Crippen molar-refractivity contribution < 1.29 is 18.7 Å². The third-order valence-corrected chi connectivity index (χ3v) is 6.31. The molecule has 3 aromatic rings. The first-order valence-electron chi connectivity index (χ1n) is 9.34. The molecule has 3 aromatic heterocycles. The van der Waals surface area contributed by atoms with Crippen molar-refractivity contribution in [1.82, 2.24) is 14.9 Å². The maximum atomic E-state index is 12.6. The number of likely N-dealkylation sites (tertiary alicyclic amines) is 1. The Morgan fingerprint density at radius 2 is 2.24 bits per heavy atom. The molecule has 1 aliphatic rings. The molecule has 0 unspecified atom stereocenters. The third kappa shape index (κ3) is 3.69. The number of rotatable bonds is 5. The first-order valence-corrected chi connectivity index (χ1v) is 10.2. The van der Waals surface area contributed by atoms with Gasteiger partial charge in [-0.3, -0.25) is 14.4 Å². The quantitative estimate of drug-likeness (QED) is 0.643. The van der Waals surface area contributed by atoms with E-state index in [-0.39, 0.29) is 24.4 Å². The number of furan rings is 1. The van der Waals surface area contributed by atoms with Crippen LogP contribution < -0.4 is 5.56 Å². The fraction of sp³-hybridized carbons (Fsp3) is 0.400. The summed E-state index contributed by atoms with van der Waals surface area (Å²) in [5, 5.41) is 0.574. The number of hydrogen-bond acceptors (Lipinski definition) is 7. The summed E-state index contributed by atoms with van der Waals surface area (Å²) in [6, 6.07) is 3.54. The van der Waals surface area contributed by atoms with Crippen LogP contribution in [0.1, 0.15) is 41.5 Å². The maximum absolute atomic E-state index is 12.6. The Morgan fingerprint density at radius 1 is 1.45 bits per heavy atom. The number of nitrogens with one attached hydrogen (secondary N) is 1. The van der Waals surface area contributed by atoms with Gasteiger partial charge in [-0.25, -0.2) is 4.98 Å². The number of ether oxygens (including phenoxy) is 1. The molecule has 0 bridgehead atoms. The summed E-state index contributed by atoms with van der Waals surface area (Å²) in [5.41, 5.74) is 0.673. The van der Waals surface area contributed by atoms with Crippen LogP contribution in [0.3, 0.4) is 0 Å². The minimum Gasteiger partial charge on any atom is -0.467 e. The summed E-state index contributed by atoms with van der Waals surface area (Å²) < 4.78 is 10.8. The Bertz CT molecular complexity index is 1130. The highest BCUT2D eigenvalue weighted by Gasteiger charge is 2.36. The van der Waals surface area contributed by atoms with Crippen LogP contribution in [0, 0.1) is 19.8 Å². The van der Waals surface area contributed by atoms with Gasteiger partial charge in [0, 0.05) is 17.8 Å². The van der Waals surface area contributed by atoms with Gasteiger partial charge in [-0.15, -0.1) is 11.3 Å². The van der Waals surface area contributed by atoms with Crippen molar-refractivity contribution in [2.24, 2.45) is 5.92 Å². The van der Waals surface area contributed by atoms with Gasteiger partial charge < -0.3 is 19.0 Å². The van der Waals surface area contributed by atoms with E-state index in [1.165, 1.54) is 11.3 Å². The molecule has 0 aliphatic carbocycles. The van der Waals surface area contributed by atoms with E-state index in [1.807, 2.05) is 13.8 Å². The molecule has 0 spiro atoms. The first-order chi connectivity index (χ1) is 13.8. The number of aryl methyl sites for hydroxylation is 2. The number of nitrogens with zero attached hydrogens (tertiary/aromatic N) is 2. The highest BCUT2D eigenvalue weighted by atomic mass is 32.1. The van der Waals surface area contributed by atoms with E-state index < -0.39 is 18.0 Å². The second-order valence-corrected chi connectivity index (χ2v) is 8.45. The number of carbonyl (C=O) groups is 2. The minimum atomic E-state index is -0.725. The molecule has 4 heterocycles. The van der Waals surface area contributed by atoms with Crippen molar-refractivity contribution in [3.05, 3.63) is 50.8 Å². The minimum absolute atomic E-state index is 0.0958. The fourth-order valence-corrected chi connectivity index (χ4v) is 4.50. The number of amides is 1. The van der Waals surface area contributed by atoms with Crippen LogP contribution in [0.4, 0.5) is 0 Å². The van der Waals surface area contributed by atoms with Gasteiger partial charge >= 0.3 is 5.97 Å². The van der Waals surface area contributed by atoms with Crippen LogP contribution in [0.15, 0.2) is 27.6 Å². The number of H-pyrrole nitrogens is 1. The van der Waals surface area contributed by atoms with Crippen molar-refractivity contribution in [3.63, 3.8) is 0 Å². The molecule has 4 rings (SSSR count). The summed E-state index contributed by atoms with van der Waals surface area (Å²) in [6.07, 6.45) is 0.916. The highest BCUT2D eigenvalue weighted by Crippen LogP contribution is 2.28. The normalized spacial score (nSPS) is 17.8. The van der Waals surface area contributed by atoms with Gasteiger partial charge in [-0.05, 0) is 38.5 Å². The molecule has 1 fully saturated rings. The van der Waals surface area contributed by atoms with Gasteiger partial charge in [0.15, 0.2) is 11.9 Å². The fourth-order valence-electron chi connectivity index (χ4n) is 3.46. The zero-order valence-corrected chi connectivity index (χ0v) is 17.2. The lowest BCUT2D eigenvalue weighted by molar-refractivity contribution is -0.153. The summed E-state index contributed by atoms with van der Waals surface area (Å²) in [7, 11) is 0. The Morgan fingerprint density at radius 3 is 2.97 bits per heavy atom. The summed E-state index contributed by atoms with van der Waals surface area (Å²) in [4.78, 5) is 47.7. The van der Waals surface area contributed by atoms with Crippen LogP contribution in [0.5, 0.6) is 0 Å². The molecule has 29 heavy (non-hydrogen) atoms. The van der Waals surface area contributed by atoms with Gasteiger partial charge in [0.25, 0.3) is 5.56 Å².